The molecule has 18 heavy (non-hydrogen) atoms. The van der Waals surface area contributed by atoms with Gasteiger partial charge < -0.3 is 10.6 Å². The van der Waals surface area contributed by atoms with Crippen LogP contribution in [-0.4, -0.2) is 31.1 Å². The molecule has 2 rings (SSSR count). The van der Waals surface area contributed by atoms with Gasteiger partial charge in [0.1, 0.15) is 0 Å². The molecule has 0 spiro atoms. The van der Waals surface area contributed by atoms with Crippen LogP contribution in [0.25, 0.3) is 0 Å². The van der Waals surface area contributed by atoms with Gasteiger partial charge in [-0.15, -0.1) is 0 Å². The second kappa shape index (κ2) is 6.91. The first kappa shape index (κ1) is 13.6. The summed E-state index contributed by atoms with van der Waals surface area (Å²) in [4.78, 5) is 2.61. The molecule has 1 atom stereocenters. The van der Waals surface area contributed by atoms with Gasteiger partial charge in [-0.3, -0.25) is 0 Å². The highest BCUT2D eigenvalue weighted by Crippen LogP contribution is 2.28. The maximum atomic E-state index is 5.61. The number of hydrogen-bond acceptors (Lipinski definition) is 2. The van der Waals surface area contributed by atoms with E-state index in [1.54, 1.807) is 0 Å². The SMILES string of the molecule is CC(CCN)CN1CCC(c2ccccc2)CC1. The van der Waals surface area contributed by atoms with Gasteiger partial charge in [0.05, 0.1) is 0 Å². The Balaban J connectivity index is 1.78. The van der Waals surface area contributed by atoms with Crippen molar-refractivity contribution in [2.24, 2.45) is 11.7 Å². The quantitative estimate of drug-likeness (QED) is 0.865. The molecule has 100 valence electrons. The van der Waals surface area contributed by atoms with Gasteiger partial charge in [-0.25, -0.2) is 0 Å². The fourth-order valence-corrected chi connectivity index (χ4v) is 2.99. The Bertz CT molecular complexity index is 328. The van der Waals surface area contributed by atoms with Crippen molar-refractivity contribution in [2.45, 2.75) is 32.1 Å². The Morgan fingerprint density at radius 3 is 2.50 bits per heavy atom. The van der Waals surface area contributed by atoms with Crippen LogP contribution >= 0.6 is 0 Å². The van der Waals surface area contributed by atoms with E-state index in [1.807, 2.05) is 0 Å². The fraction of sp³-hybridized carbons (Fsp3) is 0.625. The average Bonchev–Trinajstić information content (AvgIpc) is 2.41. The molecule has 0 aliphatic carbocycles. The predicted molar refractivity (Wildman–Crippen MR) is 77.7 cm³/mol. The number of nitrogens with two attached hydrogens (primary N) is 1. The zero-order valence-electron chi connectivity index (χ0n) is 11.5. The van der Waals surface area contributed by atoms with Gasteiger partial charge in [0, 0.05) is 6.54 Å². The summed E-state index contributed by atoms with van der Waals surface area (Å²) < 4.78 is 0. The molecule has 0 aromatic heterocycles. The number of nitrogens with zero attached hydrogens (tertiary/aromatic N) is 1. The van der Waals surface area contributed by atoms with Gasteiger partial charge in [0.15, 0.2) is 0 Å². The van der Waals surface area contributed by atoms with E-state index in [1.165, 1.54) is 38.0 Å². The van der Waals surface area contributed by atoms with Crippen molar-refractivity contribution >= 4 is 0 Å². The molecule has 1 aliphatic heterocycles. The lowest BCUT2D eigenvalue weighted by atomic mass is 9.89. The highest BCUT2D eigenvalue weighted by atomic mass is 15.1. The van der Waals surface area contributed by atoms with Crippen LogP contribution in [0.5, 0.6) is 0 Å². The Morgan fingerprint density at radius 1 is 1.22 bits per heavy atom. The van der Waals surface area contributed by atoms with Crippen molar-refractivity contribution in [2.75, 3.05) is 26.2 Å². The molecule has 2 nitrogen and oxygen atoms in total. The van der Waals surface area contributed by atoms with Gasteiger partial charge in [-0.2, -0.15) is 0 Å². The second-order valence-electron chi connectivity index (χ2n) is 5.67. The largest absolute Gasteiger partial charge is 0.330 e. The molecule has 0 bridgehead atoms. The summed E-state index contributed by atoms with van der Waals surface area (Å²) in [5.41, 5.74) is 7.13. The van der Waals surface area contributed by atoms with Crippen LogP contribution in [0.4, 0.5) is 0 Å². The fourth-order valence-electron chi connectivity index (χ4n) is 2.99. The number of piperidine rings is 1. The molecule has 2 heteroatoms. The van der Waals surface area contributed by atoms with E-state index in [0.29, 0.717) is 0 Å². The summed E-state index contributed by atoms with van der Waals surface area (Å²) in [6, 6.07) is 11.0. The summed E-state index contributed by atoms with van der Waals surface area (Å²) in [7, 11) is 0. The molecule has 1 aromatic rings. The summed E-state index contributed by atoms with van der Waals surface area (Å²) >= 11 is 0. The molecule has 1 aromatic carbocycles. The van der Waals surface area contributed by atoms with Crippen molar-refractivity contribution < 1.29 is 0 Å². The zero-order valence-corrected chi connectivity index (χ0v) is 11.5. The smallest absolute Gasteiger partial charge is 0.000750 e. The third-order valence-electron chi connectivity index (χ3n) is 4.09. The van der Waals surface area contributed by atoms with E-state index in [-0.39, 0.29) is 0 Å². The van der Waals surface area contributed by atoms with Gasteiger partial charge in [0.2, 0.25) is 0 Å². The van der Waals surface area contributed by atoms with Crippen LogP contribution < -0.4 is 5.73 Å². The highest BCUT2D eigenvalue weighted by molar-refractivity contribution is 5.19. The Kier molecular flexibility index (Phi) is 5.21. The summed E-state index contributed by atoms with van der Waals surface area (Å²) in [5, 5.41) is 0. The molecule has 1 saturated heterocycles. The van der Waals surface area contributed by atoms with E-state index in [2.05, 4.69) is 42.2 Å². The van der Waals surface area contributed by atoms with Crippen molar-refractivity contribution in [3.05, 3.63) is 35.9 Å². The normalized spacial score (nSPS) is 19.9. The monoisotopic (exact) mass is 246 g/mol. The van der Waals surface area contributed by atoms with Gasteiger partial charge in [0.25, 0.3) is 0 Å². The maximum absolute atomic E-state index is 5.61. The number of benzene rings is 1. The molecule has 2 N–H and O–H groups in total. The first-order valence-corrected chi connectivity index (χ1v) is 7.27. The van der Waals surface area contributed by atoms with Crippen LogP contribution in [0.15, 0.2) is 30.3 Å². The lowest BCUT2D eigenvalue weighted by molar-refractivity contribution is 0.185. The number of likely N-dealkylation sites (tertiary alicyclic amines) is 1. The topological polar surface area (TPSA) is 29.3 Å². The maximum Gasteiger partial charge on any atom is 0.000750 e. The van der Waals surface area contributed by atoms with E-state index in [4.69, 9.17) is 5.73 Å². The lowest BCUT2D eigenvalue weighted by Gasteiger charge is -2.33. The first-order valence-electron chi connectivity index (χ1n) is 7.27. The molecule has 0 amide bonds. The van der Waals surface area contributed by atoms with Crippen LogP contribution in [0, 0.1) is 5.92 Å². The first-order chi connectivity index (χ1) is 8.79. The van der Waals surface area contributed by atoms with Crippen molar-refractivity contribution in [1.82, 2.24) is 4.90 Å². The molecule has 0 saturated carbocycles. The van der Waals surface area contributed by atoms with E-state index < -0.39 is 0 Å². The molecule has 1 aliphatic rings. The minimum atomic E-state index is 0.739. The number of hydrogen-bond donors (Lipinski definition) is 1. The number of rotatable bonds is 5. The third-order valence-corrected chi connectivity index (χ3v) is 4.09. The third kappa shape index (κ3) is 3.82. The lowest BCUT2D eigenvalue weighted by Crippen LogP contribution is -2.36. The van der Waals surface area contributed by atoms with Crippen LogP contribution in [0.1, 0.15) is 37.7 Å². The Morgan fingerprint density at radius 2 is 1.89 bits per heavy atom. The van der Waals surface area contributed by atoms with E-state index in [9.17, 15) is 0 Å². The van der Waals surface area contributed by atoms with Crippen LogP contribution in [0.2, 0.25) is 0 Å². The Hall–Kier alpha value is -0.860. The molecular formula is C16H26N2. The van der Waals surface area contributed by atoms with Crippen molar-refractivity contribution in [1.29, 1.82) is 0 Å². The molecule has 1 fully saturated rings. The molecule has 1 heterocycles. The average molecular weight is 246 g/mol. The highest BCUT2D eigenvalue weighted by Gasteiger charge is 2.21. The van der Waals surface area contributed by atoms with E-state index >= 15 is 0 Å². The summed E-state index contributed by atoms with van der Waals surface area (Å²) in [6.07, 6.45) is 3.76. The zero-order chi connectivity index (χ0) is 12.8. The van der Waals surface area contributed by atoms with Gasteiger partial charge >= 0.3 is 0 Å². The molecule has 0 radical (unpaired) electrons. The van der Waals surface area contributed by atoms with E-state index in [0.717, 1.165) is 24.8 Å². The molecular weight excluding hydrogens is 220 g/mol. The van der Waals surface area contributed by atoms with Crippen LogP contribution in [0.3, 0.4) is 0 Å². The standard InChI is InChI=1S/C16H26N2/c1-14(7-10-17)13-18-11-8-16(9-12-18)15-5-3-2-4-6-15/h2-6,14,16H,7-13,17H2,1H3. The van der Waals surface area contributed by atoms with Crippen molar-refractivity contribution in [3.63, 3.8) is 0 Å². The van der Waals surface area contributed by atoms with Gasteiger partial charge in [-0.05, 0) is 56.3 Å². The second-order valence-corrected chi connectivity index (χ2v) is 5.67. The van der Waals surface area contributed by atoms with Gasteiger partial charge in [-0.1, -0.05) is 37.3 Å². The minimum Gasteiger partial charge on any atom is -0.330 e. The minimum absolute atomic E-state index is 0.739. The molecule has 1 unspecified atom stereocenters. The van der Waals surface area contributed by atoms with Crippen molar-refractivity contribution in [3.8, 4) is 0 Å². The Labute approximate surface area is 111 Å². The summed E-state index contributed by atoms with van der Waals surface area (Å²) in [5.74, 6) is 1.51. The van der Waals surface area contributed by atoms with Crippen LogP contribution in [-0.2, 0) is 0 Å². The predicted octanol–water partition coefficient (Wildman–Crippen LogP) is 2.85. The summed E-state index contributed by atoms with van der Waals surface area (Å²) in [6.45, 7) is 6.85.